The van der Waals surface area contributed by atoms with Crippen LogP contribution in [0.4, 0.5) is 0 Å². The van der Waals surface area contributed by atoms with Crippen LogP contribution in [0.3, 0.4) is 0 Å². The first kappa shape index (κ1) is 15.0. The van der Waals surface area contributed by atoms with E-state index in [1.165, 1.54) is 0 Å². The van der Waals surface area contributed by atoms with Crippen LogP contribution in [0.2, 0.25) is 0 Å². The molecule has 1 aliphatic heterocycles. The van der Waals surface area contributed by atoms with E-state index < -0.39 is 0 Å². The SMILES string of the molecule is Cc1ccc([C@@H]2[C@@H](c3ccccn3)NC(=S)N2CCCO)o1. The second kappa shape index (κ2) is 6.46. The highest BCUT2D eigenvalue weighted by molar-refractivity contribution is 7.80. The molecule has 1 fully saturated rings. The van der Waals surface area contributed by atoms with Gasteiger partial charge in [-0.05, 0) is 49.8 Å². The highest BCUT2D eigenvalue weighted by atomic mass is 32.1. The number of rotatable bonds is 5. The van der Waals surface area contributed by atoms with Crippen molar-refractivity contribution in [2.75, 3.05) is 13.2 Å². The van der Waals surface area contributed by atoms with Crippen LogP contribution in [0.25, 0.3) is 0 Å². The topological polar surface area (TPSA) is 61.5 Å². The van der Waals surface area contributed by atoms with E-state index in [4.69, 9.17) is 21.7 Å². The van der Waals surface area contributed by atoms with Gasteiger partial charge in [0.25, 0.3) is 0 Å². The summed E-state index contributed by atoms with van der Waals surface area (Å²) >= 11 is 5.48. The molecule has 116 valence electrons. The average Bonchev–Trinajstić information content (AvgIpc) is 3.09. The molecule has 2 aromatic heterocycles. The maximum Gasteiger partial charge on any atom is 0.170 e. The van der Waals surface area contributed by atoms with Gasteiger partial charge in [-0.15, -0.1) is 0 Å². The van der Waals surface area contributed by atoms with E-state index in [1.54, 1.807) is 6.20 Å². The Morgan fingerprint density at radius 2 is 2.23 bits per heavy atom. The Labute approximate surface area is 135 Å². The number of aromatic nitrogens is 1. The lowest BCUT2D eigenvalue weighted by atomic mass is 10.0. The summed E-state index contributed by atoms with van der Waals surface area (Å²) in [5, 5.41) is 13.1. The van der Waals surface area contributed by atoms with Crippen molar-refractivity contribution in [3.8, 4) is 0 Å². The van der Waals surface area contributed by atoms with Gasteiger partial charge in [0.2, 0.25) is 0 Å². The van der Waals surface area contributed by atoms with Gasteiger partial charge in [-0.25, -0.2) is 0 Å². The molecule has 1 aliphatic rings. The van der Waals surface area contributed by atoms with Gasteiger partial charge in [0.15, 0.2) is 5.11 Å². The van der Waals surface area contributed by atoms with Gasteiger partial charge < -0.3 is 19.7 Å². The monoisotopic (exact) mass is 317 g/mol. The maximum absolute atomic E-state index is 9.13. The van der Waals surface area contributed by atoms with Crippen molar-refractivity contribution in [2.45, 2.75) is 25.4 Å². The Morgan fingerprint density at radius 1 is 1.36 bits per heavy atom. The van der Waals surface area contributed by atoms with Gasteiger partial charge in [-0.2, -0.15) is 0 Å². The number of aryl methyl sites for hydroxylation is 1. The molecule has 0 aromatic carbocycles. The number of hydrogen-bond donors (Lipinski definition) is 2. The number of furan rings is 1. The van der Waals surface area contributed by atoms with Crippen molar-refractivity contribution in [3.63, 3.8) is 0 Å². The fourth-order valence-corrected chi connectivity index (χ4v) is 3.14. The summed E-state index contributed by atoms with van der Waals surface area (Å²) in [6.45, 7) is 2.74. The molecular formula is C16H19N3O2S. The molecule has 5 nitrogen and oxygen atoms in total. The highest BCUT2D eigenvalue weighted by Gasteiger charge is 2.41. The summed E-state index contributed by atoms with van der Waals surface area (Å²) in [6, 6.07) is 9.67. The molecule has 0 saturated carbocycles. The third-order valence-corrected chi connectivity index (χ3v) is 4.16. The first-order chi connectivity index (χ1) is 10.7. The number of hydrogen-bond acceptors (Lipinski definition) is 4. The van der Waals surface area contributed by atoms with Crippen molar-refractivity contribution < 1.29 is 9.52 Å². The van der Waals surface area contributed by atoms with Crippen LogP contribution in [0.1, 0.15) is 35.7 Å². The number of pyridine rings is 1. The number of aliphatic hydroxyl groups excluding tert-OH is 1. The number of thiocarbonyl (C=S) groups is 1. The van der Waals surface area contributed by atoms with Crippen molar-refractivity contribution in [3.05, 3.63) is 53.7 Å². The summed E-state index contributed by atoms with van der Waals surface area (Å²) in [6.07, 6.45) is 2.44. The zero-order chi connectivity index (χ0) is 15.5. The Balaban J connectivity index is 1.96. The molecule has 6 heteroatoms. The fraction of sp³-hybridized carbons (Fsp3) is 0.375. The van der Waals surface area contributed by atoms with Gasteiger partial charge >= 0.3 is 0 Å². The normalized spacial score (nSPS) is 21.2. The molecule has 0 spiro atoms. The van der Waals surface area contributed by atoms with E-state index in [9.17, 15) is 0 Å². The van der Waals surface area contributed by atoms with Gasteiger partial charge in [0, 0.05) is 19.3 Å². The Bertz CT molecular complexity index is 644. The van der Waals surface area contributed by atoms with Crippen molar-refractivity contribution in [1.82, 2.24) is 15.2 Å². The van der Waals surface area contributed by atoms with E-state index in [-0.39, 0.29) is 18.7 Å². The minimum Gasteiger partial charge on any atom is -0.464 e. The van der Waals surface area contributed by atoms with Crippen LogP contribution < -0.4 is 5.32 Å². The molecule has 0 aliphatic carbocycles. The molecule has 0 bridgehead atoms. The van der Waals surface area contributed by atoms with Gasteiger partial charge in [-0.1, -0.05) is 6.07 Å². The van der Waals surface area contributed by atoms with Crippen LogP contribution in [-0.2, 0) is 0 Å². The fourth-order valence-electron chi connectivity index (χ4n) is 2.81. The molecule has 2 aromatic rings. The lowest BCUT2D eigenvalue weighted by Crippen LogP contribution is -2.30. The van der Waals surface area contributed by atoms with Crippen LogP contribution in [0.5, 0.6) is 0 Å². The second-order valence-corrected chi connectivity index (χ2v) is 5.73. The zero-order valence-electron chi connectivity index (χ0n) is 12.4. The minimum atomic E-state index is -0.0575. The smallest absolute Gasteiger partial charge is 0.170 e. The molecule has 0 radical (unpaired) electrons. The standard InChI is InChI=1S/C16H19N3O2S/c1-11-6-7-13(21-11)15-14(12-5-2-3-8-17-12)18-16(22)19(15)9-4-10-20/h2-3,5-8,14-15,20H,4,9-10H2,1H3,(H,18,22)/t14-,15-/m1/s1. The Morgan fingerprint density at radius 3 is 2.86 bits per heavy atom. The first-order valence-corrected chi connectivity index (χ1v) is 7.77. The van der Waals surface area contributed by atoms with Crippen molar-refractivity contribution >= 4 is 17.3 Å². The average molecular weight is 317 g/mol. The summed E-state index contributed by atoms with van der Waals surface area (Å²) in [7, 11) is 0. The van der Waals surface area contributed by atoms with Crippen LogP contribution >= 0.6 is 12.2 Å². The third kappa shape index (κ3) is 2.84. The van der Waals surface area contributed by atoms with Gasteiger partial charge in [-0.3, -0.25) is 4.98 Å². The quantitative estimate of drug-likeness (QED) is 0.826. The van der Waals surface area contributed by atoms with E-state index in [1.807, 2.05) is 37.3 Å². The van der Waals surface area contributed by atoms with Crippen LogP contribution in [0, 0.1) is 6.92 Å². The molecular weight excluding hydrogens is 298 g/mol. The van der Waals surface area contributed by atoms with E-state index in [0.29, 0.717) is 18.1 Å². The number of nitrogens with one attached hydrogen (secondary N) is 1. The van der Waals surface area contributed by atoms with E-state index in [0.717, 1.165) is 17.2 Å². The molecule has 3 heterocycles. The second-order valence-electron chi connectivity index (χ2n) is 5.35. The summed E-state index contributed by atoms with van der Waals surface area (Å²) in [4.78, 5) is 6.53. The minimum absolute atomic E-state index is 0.0531. The predicted octanol–water partition coefficient (Wildman–Crippen LogP) is 2.34. The first-order valence-electron chi connectivity index (χ1n) is 7.36. The van der Waals surface area contributed by atoms with Crippen molar-refractivity contribution in [2.24, 2.45) is 0 Å². The highest BCUT2D eigenvalue weighted by Crippen LogP contribution is 2.39. The van der Waals surface area contributed by atoms with Crippen LogP contribution in [-0.4, -0.2) is 33.3 Å². The van der Waals surface area contributed by atoms with E-state index >= 15 is 0 Å². The lowest BCUT2D eigenvalue weighted by molar-refractivity contribution is 0.230. The Hall–Kier alpha value is -1.92. The largest absolute Gasteiger partial charge is 0.464 e. The van der Waals surface area contributed by atoms with Gasteiger partial charge in [0.05, 0.1) is 11.7 Å². The molecule has 22 heavy (non-hydrogen) atoms. The molecule has 2 atom stereocenters. The number of aliphatic hydroxyl groups is 1. The molecule has 1 saturated heterocycles. The number of nitrogens with zero attached hydrogens (tertiary/aromatic N) is 2. The third-order valence-electron chi connectivity index (χ3n) is 3.81. The van der Waals surface area contributed by atoms with Crippen molar-refractivity contribution in [1.29, 1.82) is 0 Å². The summed E-state index contributed by atoms with van der Waals surface area (Å²) in [5.74, 6) is 1.73. The summed E-state index contributed by atoms with van der Waals surface area (Å²) < 4.78 is 5.85. The maximum atomic E-state index is 9.13. The predicted molar refractivity (Wildman–Crippen MR) is 87.3 cm³/mol. The van der Waals surface area contributed by atoms with Gasteiger partial charge in [0.1, 0.15) is 17.6 Å². The molecule has 2 N–H and O–H groups in total. The lowest BCUT2D eigenvalue weighted by Gasteiger charge is -2.25. The zero-order valence-corrected chi connectivity index (χ0v) is 13.2. The van der Waals surface area contributed by atoms with Crippen LogP contribution in [0.15, 0.2) is 40.9 Å². The molecule has 3 rings (SSSR count). The van der Waals surface area contributed by atoms with E-state index in [2.05, 4.69) is 15.2 Å². The Kier molecular flexibility index (Phi) is 4.40. The molecule has 0 amide bonds. The summed E-state index contributed by atoms with van der Waals surface area (Å²) in [5.41, 5.74) is 0.926. The molecule has 0 unspecified atom stereocenters.